The van der Waals surface area contributed by atoms with Crippen LogP contribution in [-0.4, -0.2) is 36.6 Å². The van der Waals surface area contributed by atoms with E-state index in [0.29, 0.717) is 18.0 Å². The Morgan fingerprint density at radius 3 is 2.44 bits per heavy atom. The van der Waals surface area contributed by atoms with E-state index in [1.54, 1.807) is 36.3 Å². The van der Waals surface area contributed by atoms with Crippen LogP contribution in [0.2, 0.25) is 0 Å². The summed E-state index contributed by atoms with van der Waals surface area (Å²) in [6.45, 7) is 0.360. The molecule has 0 aliphatic carbocycles. The van der Waals surface area contributed by atoms with Crippen LogP contribution in [0.25, 0.3) is 0 Å². The third-order valence-electron chi connectivity index (χ3n) is 4.18. The van der Waals surface area contributed by atoms with Crippen LogP contribution in [0.4, 0.5) is 21.9 Å². The Labute approximate surface area is 155 Å². The van der Waals surface area contributed by atoms with Gasteiger partial charge in [0, 0.05) is 36.5 Å². The summed E-state index contributed by atoms with van der Waals surface area (Å²) >= 11 is 0. The summed E-state index contributed by atoms with van der Waals surface area (Å²) < 4.78 is 5.10. The Morgan fingerprint density at radius 1 is 1.19 bits per heavy atom. The fraction of sp³-hybridized carbons (Fsp3) is 0.222. The summed E-state index contributed by atoms with van der Waals surface area (Å²) in [5.41, 5.74) is 1.10. The molecule has 1 atom stereocenters. The number of carbonyl (C=O) groups excluding carboxylic acids is 2. The minimum atomic E-state index is -0.512. The van der Waals surface area contributed by atoms with E-state index >= 15 is 0 Å². The quantitative estimate of drug-likeness (QED) is 0.620. The monoisotopic (exact) mass is 370 g/mol. The minimum Gasteiger partial charge on any atom is -0.497 e. The number of nitrogens with one attached hydrogen (secondary N) is 2. The SMILES string of the molecule is COc1ccc(N2C[C@@H](NC(=O)Nc3ccc([N+](=O)[O-])cc3)CC2=O)cc1. The normalized spacial score (nSPS) is 16.1. The number of anilines is 2. The Bertz CT molecular complexity index is 851. The number of benzene rings is 2. The molecule has 1 saturated heterocycles. The summed E-state index contributed by atoms with van der Waals surface area (Å²) in [7, 11) is 1.57. The first-order chi connectivity index (χ1) is 13.0. The van der Waals surface area contributed by atoms with Crippen LogP contribution < -0.4 is 20.3 Å². The second-order valence-electron chi connectivity index (χ2n) is 6.01. The highest BCUT2D eigenvalue weighted by Gasteiger charge is 2.31. The highest BCUT2D eigenvalue weighted by molar-refractivity contribution is 5.97. The van der Waals surface area contributed by atoms with E-state index in [9.17, 15) is 19.7 Å². The van der Waals surface area contributed by atoms with E-state index < -0.39 is 11.0 Å². The van der Waals surface area contributed by atoms with Crippen LogP contribution in [0.5, 0.6) is 5.75 Å². The van der Waals surface area contributed by atoms with Gasteiger partial charge in [-0.15, -0.1) is 0 Å². The second-order valence-corrected chi connectivity index (χ2v) is 6.01. The van der Waals surface area contributed by atoms with E-state index in [4.69, 9.17) is 4.74 Å². The molecule has 1 heterocycles. The molecule has 1 aliphatic rings. The Hall–Kier alpha value is -3.62. The van der Waals surface area contributed by atoms with Gasteiger partial charge >= 0.3 is 6.03 Å². The molecule has 0 bridgehead atoms. The van der Waals surface area contributed by atoms with Crippen molar-refractivity contribution in [3.63, 3.8) is 0 Å². The lowest BCUT2D eigenvalue weighted by Gasteiger charge is -2.17. The third kappa shape index (κ3) is 4.32. The molecule has 1 aliphatic heterocycles. The van der Waals surface area contributed by atoms with Crippen molar-refractivity contribution >= 4 is 29.0 Å². The van der Waals surface area contributed by atoms with Gasteiger partial charge < -0.3 is 20.3 Å². The zero-order valence-corrected chi connectivity index (χ0v) is 14.5. The van der Waals surface area contributed by atoms with Gasteiger partial charge in [-0.3, -0.25) is 14.9 Å². The Morgan fingerprint density at radius 2 is 1.85 bits per heavy atom. The lowest BCUT2D eigenvalue weighted by atomic mass is 10.2. The fourth-order valence-electron chi connectivity index (χ4n) is 2.84. The molecule has 9 heteroatoms. The van der Waals surface area contributed by atoms with Gasteiger partial charge in [-0.25, -0.2) is 4.79 Å². The lowest BCUT2D eigenvalue weighted by molar-refractivity contribution is -0.384. The molecule has 140 valence electrons. The van der Waals surface area contributed by atoms with Crippen LogP contribution in [-0.2, 0) is 4.79 Å². The van der Waals surface area contributed by atoms with E-state index in [1.807, 2.05) is 0 Å². The van der Waals surface area contributed by atoms with Crippen molar-refractivity contribution in [2.24, 2.45) is 0 Å². The van der Waals surface area contributed by atoms with Crippen molar-refractivity contribution in [1.29, 1.82) is 0 Å². The van der Waals surface area contributed by atoms with Crippen LogP contribution in [0, 0.1) is 10.1 Å². The molecule has 1 fully saturated rings. The van der Waals surface area contributed by atoms with E-state index in [2.05, 4.69) is 10.6 Å². The number of hydrogen-bond acceptors (Lipinski definition) is 5. The molecule has 0 radical (unpaired) electrons. The molecule has 0 unspecified atom stereocenters. The van der Waals surface area contributed by atoms with Crippen molar-refractivity contribution in [3.8, 4) is 5.75 Å². The van der Waals surface area contributed by atoms with Crippen LogP contribution >= 0.6 is 0 Å². The first-order valence-corrected chi connectivity index (χ1v) is 8.22. The highest BCUT2D eigenvalue weighted by atomic mass is 16.6. The molecule has 3 rings (SSSR count). The minimum absolute atomic E-state index is 0.0579. The number of nitrogens with zero attached hydrogens (tertiary/aromatic N) is 2. The van der Waals surface area contributed by atoms with Gasteiger partial charge in [0.25, 0.3) is 5.69 Å². The molecule has 2 aromatic carbocycles. The summed E-state index contributed by atoms with van der Waals surface area (Å²) in [6.07, 6.45) is 0.194. The zero-order chi connectivity index (χ0) is 19.4. The largest absolute Gasteiger partial charge is 0.497 e. The number of amides is 3. The molecule has 0 saturated carbocycles. The molecular formula is C18H18N4O5. The number of carbonyl (C=O) groups is 2. The average molecular weight is 370 g/mol. The van der Waals surface area contributed by atoms with Crippen molar-refractivity contribution in [3.05, 3.63) is 58.6 Å². The van der Waals surface area contributed by atoms with Crippen molar-refractivity contribution in [2.75, 3.05) is 23.9 Å². The molecule has 2 N–H and O–H groups in total. The maximum absolute atomic E-state index is 12.2. The number of nitro benzene ring substituents is 1. The summed E-state index contributed by atoms with van der Waals surface area (Å²) in [5.74, 6) is 0.614. The Kier molecular flexibility index (Phi) is 5.20. The predicted octanol–water partition coefficient (Wildman–Crippen LogP) is 2.53. The fourth-order valence-corrected chi connectivity index (χ4v) is 2.84. The highest BCUT2D eigenvalue weighted by Crippen LogP contribution is 2.24. The number of nitro groups is 1. The Balaban J connectivity index is 1.57. The van der Waals surface area contributed by atoms with Gasteiger partial charge in [0.15, 0.2) is 0 Å². The maximum atomic E-state index is 12.2. The van der Waals surface area contributed by atoms with Crippen molar-refractivity contribution in [1.82, 2.24) is 5.32 Å². The number of non-ortho nitro benzene ring substituents is 1. The predicted molar refractivity (Wildman–Crippen MR) is 99.0 cm³/mol. The molecule has 0 spiro atoms. The van der Waals surface area contributed by atoms with Gasteiger partial charge in [0.1, 0.15) is 5.75 Å². The maximum Gasteiger partial charge on any atom is 0.319 e. The van der Waals surface area contributed by atoms with Gasteiger partial charge in [-0.05, 0) is 36.4 Å². The van der Waals surface area contributed by atoms with Gasteiger partial charge in [0.05, 0.1) is 18.1 Å². The number of hydrogen-bond donors (Lipinski definition) is 2. The molecule has 0 aromatic heterocycles. The molecule has 3 amide bonds. The molecule has 9 nitrogen and oxygen atoms in total. The van der Waals surface area contributed by atoms with Crippen molar-refractivity contribution in [2.45, 2.75) is 12.5 Å². The zero-order valence-electron chi connectivity index (χ0n) is 14.5. The lowest BCUT2D eigenvalue weighted by Crippen LogP contribution is -2.39. The first kappa shape index (κ1) is 18.2. The number of ether oxygens (including phenoxy) is 1. The van der Waals surface area contributed by atoms with Crippen molar-refractivity contribution < 1.29 is 19.2 Å². The third-order valence-corrected chi connectivity index (χ3v) is 4.18. The van der Waals surface area contributed by atoms with E-state index in [-0.39, 0.29) is 24.1 Å². The van der Waals surface area contributed by atoms with Crippen LogP contribution in [0.1, 0.15) is 6.42 Å². The van der Waals surface area contributed by atoms with Crippen LogP contribution in [0.3, 0.4) is 0 Å². The van der Waals surface area contributed by atoms with Gasteiger partial charge in [-0.2, -0.15) is 0 Å². The van der Waals surface area contributed by atoms with Gasteiger partial charge in [-0.1, -0.05) is 0 Å². The summed E-state index contributed by atoms with van der Waals surface area (Å²) in [6, 6.07) is 11.8. The topological polar surface area (TPSA) is 114 Å². The molecular weight excluding hydrogens is 352 g/mol. The summed E-state index contributed by atoms with van der Waals surface area (Å²) in [4.78, 5) is 36.1. The molecule has 27 heavy (non-hydrogen) atoms. The standard InChI is InChI=1S/C18H18N4O5/c1-27-16-8-6-14(7-9-16)21-11-13(10-17(21)23)20-18(24)19-12-2-4-15(5-3-12)22(25)26/h2-9,13H,10-11H2,1H3,(H2,19,20,24)/t13-/m0/s1. The first-order valence-electron chi connectivity index (χ1n) is 8.22. The van der Waals surface area contributed by atoms with E-state index in [1.165, 1.54) is 24.3 Å². The summed E-state index contributed by atoms with van der Waals surface area (Å²) in [5, 5.41) is 16.0. The average Bonchev–Trinajstić information content (AvgIpc) is 3.02. The van der Waals surface area contributed by atoms with Crippen LogP contribution in [0.15, 0.2) is 48.5 Å². The number of rotatable bonds is 5. The second kappa shape index (κ2) is 7.73. The number of urea groups is 1. The van der Waals surface area contributed by atoms with E-state index in [0.717, 1.165) is 5.69 Å². The molecule has 2 aromatic rings. The van der Waals surface area contributed by atoms with Gasteiger partial charge in [0.2, 0.25) is 5.91 Å². The smallest absolute Gasteiger partial charge is 0.319 e. The number of methoxy groups -OCH3 is 1.